The summed E-state index contributed by atoms with van der Waals surface area (Å²) in [6, 6.07) is 0.131. The second kappa shape index (κ2) is 12.2. The molecule has 1 saturated heterocycles. The minimum absolute atomic E-state index is 0.131. The lowest BCUT2D eigenvalue weighted by Gasteiger charge is -2.37. The molecule has 0 aromatic carbocycles. The van der Waals surface area contributed by atoms with Gasteiger partial charge in [0.15, 0.2) is 0 Å². The van der Waals surface area contributed by atoms with E-state index in [1.54, 1.807) is 0 Å². The Labute approximate surface area is 144 Å². The largest absolute Gasteiger partial charge is 0.483 e. The zero-order chi connectivity index (χ0) is 17.8. The number of nitrogens with zero attached hydrogens (tertiary/aromatic N) is 2. The van der Waals surface area contributed by atoms with Crippen molar-refractivity contribution in [2.75, 3.05) is 46.5 Å². The Kier molecular flexibility index (Phi) is 10.6. The van der Waals surface area contributed by atoms with Gasteiger partial charge in [0.05, 0.1) is 25.9 Å². The number of amides is 1. The van der Waals surface area contributed by atoms with Gasteiger partial charge in [0.25, 0.3) is 6.47 Å². The van der Waals surface area contributed by atoms with Crippen molar-refractivity contribution < 1.29 is 24.5 Å². The number of hydrogen-bond donors (Lipinski definition) is 2. The van der Waals surface area contributed by atoms with Gasteiger partial charge >= 0.3 is 0 Å². The van der Waals surface area contributed by atoms with Crippen molar-refractivity contribution in [1.29, 1.82) is 0 Å². The zero-order valence-electron chi connectivity index (χ0n) is 14.7. The highest BCUT2D eigenvalue weighted by Gasteiger charge is 2.28. The molecule has 140 valence electrons. The number of carbonyl (C=O) groups excluding carboxylic acids is 1. The SMILES string of the molecule is CN(CCO)CC1COCCN1C(=O)CCC1CCCC1.O=CO. The number of hydrogen-bond acceptors (Lipinski definition) is 5. The molecule has 0 aromatic rings. The first kappa shape index (κ1) is 20.9. The number of likely N-dealkylation sites (N-methyl/N-ethyl adjacent to an activating group) is 1. The molecule has 1 amide bonds. The normalized spacial score (nSPS) is 21.5. The van der Waals surface area contributed by atoms with E-state index in [9.17, 15) is 4.79 Å². The predicted molar refractivity (Wildman–Crippen MR) is 90.8 cm³/mol. The van der Waals surface area contributed by atoms with Crippen molar-refractivity contribution in [3.63, 3.8) is 0 Å². The van der Waals surface area contributed by atoms with E-state index in [-0.39, 0.29) is 25.0 Å². The van der Waals surface area contributed by atoms with Crippen LogP contribution in [0.25, 0.3) is 0 Å². The van der Waals surface area contributed by atoms with Crippen LogP contribution in [-0.4, -0.2) is 84.9 Å². The highest BCUT2D eigenvalue weighted by atomic mass is 16.5. The van der Waals surface area contributed by atoms with Gasteiger partial charge in [0.2, 0.25) is 5.91 Å². The molecule has 7 nitrogen and oxygen atoms in total. The summed E-state index contributed by atoms with van der Waals surface area (Å²) in [5.41, 5.74) is 0. The molecule has 7 heteroatoms. The summed E-state index contributed by atoms with van der Waals surface area (Å²) in [7, 11) is 1.98. The van der Waals surface area contributed by atoms with E-state index in [1.807, 2.05) is 11.9 Å². The van der Waals surface area contributed by atoms with Crippen molar-refractivity contribution >= 4 is 12.4 Å². The molecule has 1 atom stereocenters. The first-order valence-electron chi connectivity index (χ1n) is 8.86. The second-order valence-electron chi connectivity index (χ2n) is 6.60. The standard InChI is InChI=1S/C16H30N2O3.CH2O2/c1-17(8-10-19)12-15-13-21-11-9-18(15)16(20)7-6-14-4-2-3-5-14;2-1-3/h14-15,19H,2-13H2,1H3;1H,(H,2,3). The average Bonchev–Trinajstić information content (AvgIpc) is 3.07. The Morgan fingerprint density at radius 1 is 1.38 bits per heavy atom. The summed E-state index contributed by atoms with van der Waals surface area (Å²) in [5.74, 6) is 1.05. The molecule has 0 spiro atoms. The zero-order valence-corrected chi connectivity index (χ0v) is 14.7. The molecule has 24 heavy (non-hydrogen) atoms. The average molecular weight is 344 g/mol. The fraction of sp³-hybridized carbons (Fsp3) is 0.882. The van der Waals surface area contributed by atoms with Crippen LogP contribution < -0.4 is 0 Å². The number of carboxylic acid groups (broad SMARTS) is 1. The third kappa shape index (κ3) is 7.59. The second-order valence-corrected chi connectivity index (χ2v) is 6.60. The monoisotopic (exact) mass is 344 g/mol. The van der Waals surface area contributed by atoms with Crippen LogP contribution in [-0.2, 0) is 14.3 Å². The van der Waals surface area contributed by atoms with Gasteiger partial charge in [-0.15, -0.1) is 0 Å². The van der Waals surface area contributed by atoms with Crippen LogP contribution in [0.4, 0.5) is 0 Å². The molecule has 2 N–H and O–H groups in total. The van der Waals surface area contributed by atoms with E-state index in [1.165, 1.54) is 25.7 Å². The number of morpholine rings is 1. The molecule has 0 radical (unpaired) electrons. The van der Waals surface area contributed by atoms with Gasteiger partial charge in [0, 0.05) is 26.1 Å². The number of rotatable bonds is 7. The summed E-state index contributed by atoms with van der Waals surface area (Å²) in [6.45, 7) is 3.29. The van der Waals surface area contributed by atoms with E-state index in [4.69, 9.17) is 19.7 Å². The van der Waals surface area contributed by atoms with E-state index >= 15 is 0 Å². The Morgan fingerprint density at radius 2 is 2.04 bits per heavy atom. The van der Waals surface area contributed by atoms with Gasteiger partial charge in [-0.3, -0.25) is 9.59 Å². The maximum Gasteiger partial charge on any atom is 0.290 e. The summed E-state index contributed by atoms with van der Waals surface area (Å²) in [5, 5.41) is 15.9. The van der Waals surface area contributed by atoms with Crippen LogP contribution in [0.15, 0.2) is 0 Å². The topological polar surface area (TPSA) is 90.3 Å². The highest BCUT2D eigenvalue weighted by Crippen LogP contribution is 2.29. The lowest BCUT2D eigenvalue weighted by molar-refractivity contribution is -0.140. The van der Waals surface area contributed by atoms with E-state index in [2.05, 4.69) is 4.90 Å². The van der Waals surface area contributed by atoms with E-state index < -0.39 is 0 Å². The van der Waals surface area contributed by atoms with Crippen LogP contribution in [0.1, 0.15) is 38.5 Å². The number of aliphatic hydroxyl groups excluding tert-OH is 1. The Balaban J connectivity index is 0.000000891. The van der Waals surface area contributed by atoms with Gasteiger partial charge in [0.1, 0.15) is 0 Å². The predicted octanol–water partition coefficient (Wildman–Crippen LogP) is 0.809. The lowest BCUT2D eigenvalue weighted by Crippen LogP contribution is -2.53. The number of ether oxygens (including phenoxy) is 1. The number of aliphatic hydroxyl groups is 1. The molecule has 2 fully saturated rings. The van der Waals surface area contributed by atoms with Crippen molar-refractivity contribution in [1.82, 2.24) is 9.80 Å². The maximum atomic E-state index is 12.5. The molecule has 2 rings (SSSR count). The smallest absolute Gasteiger partial charge is 0.290 e. The molecule has 0 bridgehead atoms. The quantitative estimate of drug-likeness (QED) is 0.664. The van der Waals surface area contributed by atoms with Crippen molar-refractivity contribution in [2.45, 2.75) is 44.6 Å². The van der Waals surface area contributed by atoms with Crippen molar-refractivity contribution in [3.05, 3.63) is 0 Å². The molecular formula is C17H32N2O5. The molecule has 1 aliphatic carbocycles. The van der Waals surface area contributed by atoms with Crippen LogP contribution in [0.2, 0.25) is 0 Å². The summed E-state index contributed by atoms with van der Waals surface area (Å²) in [6.07, 6.45) is 7.02. The molecule has 2 aliphatic rings. The third-order valence-electron chi connectivity index (χ3n) is 4.79. The molecule has 0 aromatic heterocycles. The van der Waals surface area contributed by atoms with Gasteiger partial charge in [-0.1, -0.05) is 25.7 Å². The fourth-order valence-corrected chi connectivity index (χ4v) is 3.53. The molecule has 1 unspecified atom stereocenters. The fourth-order valence-electron chi connectivity index (χ4n) is 3.53. The maximum absolute atomic E-state index is 12.5. The van der Waals surface area contributed by atoms with Gasteiger partial charge in [-0.2, -0.15) is 0 Å². The highest BCUT2D eigenvalue weighted by molar-refractivity contribution is 5.76. The van der Waals surface area contributed by atoms with Crippen LogP contribution >= 0.6 is 0 Å². The minimum atomic E-state index is -0.250. The van der Waals surface area contributed by atoms with Crippen molar-refractivity contribution in [2.24, 2.45) is 5.92 Å². The number of carbonyl (C=O) groups is 2. The van der Waals surface area contributed by atoms with E-state index in [0.29, 0.717) is 32.7 Å². The Morgan fingerprint density at radius 3 is 2.67 bits per heavy atom. The van der Waals surface area contributed by atoms with Gasteiger partial charge in [-0.25, -0.2) is 0 Å². The van der Waals surface area contributed by atoms with Crippen LogP contribution in [0.3, 0.4) is 0 Å². The lowest BCUT2D eigenvalue weighted by atomic mass is 10.0. The minimum Gasteiger partial charge on any atom is -0.483 e. The van der Waals surface area contributed by atoms with Crippen LogP contribution in [0.5, 0.6) is 0 Å². The van der Waals surface area contributed by atoms with Gasteiger partial charge in [-0.05, 0) is 19.4 Å². The van der Waals surface area contributed by atoms with Crippen LogP contribution in [0, 0.1) is 5.92 Å². The van der Waals surface area contributed by atoms with Crippen molar-refractivity contribution in [3.8, 4) is 0 Å². The summed E-state index contributed by atoms with van der Waals surface area (Å²) < 4.78 is 5.54. The van der Waals surface area contributed by atoms with E-state index in [0.717, 1.165) is 18.9 Å². The summed E-state index contributed by atoms with van der Waals surface area (Å²) in [4.78, 5) is 24.9. The third-order valence-corrected chi connectivity index (χ3v) is 4.79. The Bertz CT molecular complexity index is 361. The molecule has 1 heterocycles. The first-order chi connectivity index (χ1) is 11.6. The summed E-state index contributed by atoms with van der Waals surface area (Å²) >= 11 is 0. The molecule has 1 aliphatic heterocycles. The molecular weight excluding hydrogens is 312 g/mol. The molecule has 1 saturated carbocycles. The first-order valence-corrected chi connectivity index (χ1v) is 8.86. The Hall–Kier alpha value is -1.18. The van der Waals surface area contributed by atoms with Gasteiger partial charge < -0.3 is 24.7 Å².